The molecule has 0 saturated carbocycles. The molecule has 1 aliphatic heterocycles. The van der Waals surface area contributed by atoms with Crippen LogP contribution in [0.5, 0.6) is 5.88 Å². The molecule has 7 nitrogen and oxygen atoms in total. The highest BCUT2D eigenvalue weighted by molar-refractivity contribution is 9.10. The zero-order valence-electron chi connectivity index (χ0n) is 14.3. The van der Waals surface area contributed by atoms with E-state index < -0.39 is 0 Å². The summed E-state index contributed by atoms with van der Waals surface area (Å²) in [6.07, 6.45) is 3.24. The number of aromatic nitrogens is 3. The molecule has 8 heteroatoms. The van der Waals surface area contributed by atoms with Crippen molar-refractivity contribution in [2.75, 3.05) is 18.0 Å². The van der Waals surface area contributed by atoms with Crippen molar-refractivity contribution < 1.29 is 10.2 Å². The van der Waals surface area contributed by atoms with E-state index in [1.165, 1.54) is 6.20 Å². The van der Waals surface area contributed by atoms with Crippen LogP contribution in [0.25, 0.3) is 11.3 Å². The van der Waals surface area contributed by atoms with E-state index in [2.05, 4.69) is 37.7 Å². The smallest absolute Gasteiger partial charge is 0.226 e. The second kappa shape index (κ2) is 6.86. The summed E-state index contributed by atoms with van der Waals surface area (Å²) in [5.74, 6) is 0.597. The van der Waals surface area contributed by atoms with Crippen molar-refractivity contribution in [3.8, 4) is 17.1 Å². The quantitative estimate of drug-likeness (QED) is 0.714. The SMILES string of the molecule is Cc1nc(N2CCC(C)(N)CC2)c(CO)nc1-c1ccnc(O)c1Br. The lowest BCUT2D eigenvalue weighted by Gasteiger charge is -2.38. The number of piperidine rings is 1. The number of hydrogen-bond donors (Lipinski definition) is 3. The second-order valence-electron chi connectivity index (χ2n) is 6.72. The van der Waals surface area contributed by atoms with Crippen molar-refractivity contribution in [2.45, 2.75) is 38.8 Å². The van der Waals surface area contributed by atoms with Gasteiger partial charge in [0.1, 0.15) is 5.69 Å². The van der Waals surface area contributed by atoms with Crippen LogP contribution in [0, 0.1) is 6.92 Å². The molecule has 1 aliphatic rings. The van der Waals surface area contributed by atoms with E-state index in [0.29, 0.717) is 27.2 Å². The topological polar surface area (TPSA) is 108 Å². The van der Waals surface area contributed by atoms with Crippen molar-refractivity contribution in [3.63, 3.8) is 0 Å². The summed E-state index contributed by atoms with van der Waals surface area (Å²) < 4.78 is 0.459. The van der Waals surface area contributed by atoms with Crippen LogP contribution in [0.1, 0.15) is 31.2 Å². The van der Waals surface area contributed by atoms with Crippen LogP contribution >= 0.6 is 15.9 Å². The van der Waals surface area contributed by atoms with Crippen molar-refractivity contribution in [3.05, 3.63) is 28.1 Å². The lowest BCUT2D eigenvalue weighted by Crippen LogP contribution is -2.48. The fourth-order valence-electron chi connectivity index (χ4n) is 3.00. The average Bonchev–Trinajstić information content (AvgIpc) is 2.57. The molecule has 0 spiro atoms. The summed E-state index contributed by atoms with van der Waals surface area (Å²) in [6.45, 7) is 5.29. The first-order chi connectivity index (χ1) is 11.8. The van der Waals surface area contributed by atoms with Gasteiger partial charge >= 0.3 is 0 Å². The number of aromatic hydroxyl groups is 1. The molecule has 134 valence electrons. The molecule has 0 radical (unpaired) electrons. The first-order valence-electron chi connectivity index (χ1n) is 8.18. The molecule has 2 aromatic heterocycles. The number of nitrogens with zero attached hydrogens (tertiary/aromatic N) is 4. The number of rotatable bonds is 3. The summed E-state index contributed by atoms with van der Waals surface area (Å²) in [4.78, 5) is 15.3. The molecule has 25 heavy (non-hydrogen) atoms. The van der Waals surface area contributed by atoms with E-state index >= 15 is 0 Å². The minimum absolute atomic E-state index is 0.105. The van der Waals surface area contributed by atoms with Gasteiger partial charge in [-0.05, 0) is 48.7 Å². The normalized spacial score (nSPS) is 16.9. The predicted octanol–water partition coefficient (Wildman–Crippen LogP) is 2.13. The second-order valence-corrected chi connectivity index (χ2v) is 7.52. The van der Waals surface area contributed by atoms with Gasteiger partial charge in [0.2, 0.25) is 5.88 Å². The maximum atomic E-state index is 9.81. The van der Waals surface area contributed by atoms with E-state index in [9.17, 15) is 10.2 Å². The summed E-state index contributed by atoms with van der Waals surface area (Å²) in [5, 5.41) is 19.6. The van der Waals surface area contributed by atoms with Crippen LogP contribution in [0.3, 0.4) is 0 Å². The Kier molecular flexibility index (Phi) is 4.95. The Hall–Kier alpha value is -1.77. The van der Waals surface area contributed by atoms with Gasteiger partial charge in [0.05, 0.1) is 22.5 Å². The van der Waals surface area contributed by atoms with E-state index in [4.69, 9.17) is 10.7 Å². The fraction of sp³-hybridized carbons (Fsp3) is 0.471. The van der Waals surface area contributed by atoms with Crippen molar-refractivity contribution >= 4 is 21.7 Å². The van der Waals surface area contributed by atoms with Crippen LogP contribution in [-0.2, 0) is 6.61 Å². The molecule has 0 aromatic carbocycles. The molecule has 1 saturated heterocycles. The summed E-state index contributed by atoms with van der Waals surface area (Å²) >= 11 is 3.34. The molecule has 3 heterocycles. The first kappa shape index (κ1) is 18.0. The van der Waals surface area contributed by atoms with Gasteiger partial charge in [-0.3, -0.25) is 0 Å². The zero-order chi connectivity index (χ0) is 18.2. The Balaban J connectivity index is 2.01. The Morgan fingerprint density at radius 2 is 2.00 bits per heavy atom. The monoisotopic (exact) mass is 407 g/mol. The number of pyridine rings is 1. The molecular weight excluding hydrogens is 386 g/mol. The van der Waals surface area contributed by atoms with Crippen LogP contribution in [0.15, 0.2) is 16.7 Å². The van der Waals surface area contributed by atoms with Gasteiger partial charge in [-0.2, -0.15) is 0 Å². The number of nitrogens with two attached hydrogens (primary N) is 1. The highest BCUT2D eigenvalue weighted by atomic mass is 79.9. The average molecular weight is 408 g/mol. The number of anilines is 1. The predicted molar refractivity (Wildman–Crippen MR) is 99.3 cm³/mol. The molecule has 2 aromatic rings. The minimum atomic E-state index is -0.208. The summed E-state index contributed by atoms with van der Waals surface area (Å²) in [5.41, 5.74) is 8.58. The molecule has 3 rings (SSSR count). The molecule has 0 atom stereocenters. The summed E-state index contributed by atoms with van der Waals surface area (Å²) in [7, 11) is 0. The Morgan fingerprint density at radius 1 is 1.32 bits per heavy atom. The third kappa shape index (κ3) is 3.61. The highest BCUT2D eigenvalue weighted by Crippen LogP contribution is 2.35. The lowest BCUT2D eigenvalue weighted by atomic mass is 9.91. The molecule has 0 unspecified atom stereocenters. The number of aliphatic hydroxyl groups excluding tert-OH is 1. The number of halogens is 1. The Morgan fingerprint density at radius 3 is 2.64 bits per heavy atom. The fourth-order valence-corrected chi connectivity index (χ4v) is 3.42. The molecule has 1 fully saturated rings. The highest BCUT2D eigenvalue weighted by Gasteiger charge is 2.28. The van der Waals surface area contributed by atoms with Crippen LogP contribution in [0.2, 0.25) is 0 Å². The van der Waals surface area contributed by atoms with Gasteiger partial charge in [0, 0.05) is 30.4 Å². The van der Waals surface area contributed by atoms with Gasteiger partial charge in [0.25, 0.3) is 0 Å². The van der Waals surface area contributed by atoms with E-state index in [1.807, 2.05) is 6.92 Å². The lowest BCUT2D eigenvalue weighted by molar-refractivity contribution is 0.275. The molecule has 0 bridgehead atoms. The van der Waals surface area contributed by atoms with Gasteiger partial charge in [-0.25, -0.2) is 15.0 Å². The number of aryl methyl sites for hydroxylation is 1. The van der Waals surface area contributed by atoms with E-state index in [1.54, 1.807) is 6.07 Å². The maximum Gasteiger partial charge on any atom is 0.226 e. The minimum Gasteiger partial charge on any atom is -0.492 e. The van der Waals surface area contributed by atoms with Gasteiger partial charge < -0.3 is 20.8 Å². The molecule has 4 N–H and O–H groups in total. The first-order valence-corrected chi connectivity index (χ1v) is 8.98. The van der Waals surface area contributed by atoms with Gasteiger partial charge in [-0.15, -0.1) is 0 Å². The third-order valence-corrected chi connectivity index (χ3v) is 5.38. The number of aliphatic hydroxyl groups is 1. The largest absolute Gasteiger partial charge is 0.492 e. The summed E-state index contributed by atoms with van der Waals surface area (Å²) in [6, 6.07) is 1.75. The zero-order valence-corrected chi connectivity index (χ0v) is 15.9. The van der Waals surface area contributed by atoms with Crippen LogP contribution in [0.4, 0.5) is 5.82 Å². The Bertz CT molecular complexity index is 787. The van der Waals surface area contributed by atoms with Crippen molar-refractivity contribution in [2.24, 2.45) is 5.73 Å². The molecule has 0 amide bonds. The van der Waals surface area contributed by atoms with E-state index in [-0.39, 0.29) is 18.0 Å². The van der Waals surface area contributed by atoms with Crippen LogP contribution < -0.4 is 10.6 Å². The van der Waals surface area contributed by atoms with Gasteiger partial charge in [-0.1, -0.05) is 0 Å². The Labute approximate surface area is 155 Å². The van der Waals surface area contributed by atoms with Crippen molar-refractivity contribution in [1.29, 1.82) is 0 Å². The molecular formula is C17H22BrN5O2. The van der Waals surface area contributed by atoms with Crippen LogP contribution in [-0.4, -0.2) is 43.8 Å². The third-order valence-electron chi connectivity index (χ3n) is 4.60. The van der Waals surface area contributed by atoms with E-state index in [0.717, 1.165) is 31.6 Å². The van der Waals surface area contributed by atoms with Crippen molar-refractivity contribution in [1.82, 2.24) is 15.0 Å². The maximum absolute atomic E-state index is 9.81. The van der Waals surface area contributed by atoms with Gasteiger partial charge in [0.15, 0.2) is 5.82 Å². The standard InChI is InChI=1S/C17H22BrN5O2/c1-10-14(11-3-6-20-16(25)13(11)18)22-12(9-24)15(21-10)23-7-4-17(2,19)5-8-23/h3,6,24H,4-5,7-9,19H2,1-2H3,(H,20,25). The number of hydrogen-bond acceptors (Lipinski definition) is 7. The molecule has 0 aliphatic carbocycles.